The van der Waals surface area contributed by atoms with Gasteiger partial charge in [-0.25, -0.2) is 4.39 Å². The van der Waals surface area contributed by atoms with Crippen LogP contribution in [0.5, 0.6) is 0 Å². The molecule has 1 aromatic rings. The van der Waals surface area contributed by atoms with Crippen LogP contribution in [-0.4, -0.2) is 37.0 Å². The monoisotopic (exact) mass is 227 g/mol. The first-order valence-electron chi connectivity index (χ1n) is 5.20. The van der Waals surface area contributed by atoms with E-state index in [0.29, 0.717) is 12.2 Å². The van der Waals surface area contributed by atoms with Gasteiger partial charge in [0.1, 0.15) is 5.82 Å². The highest BCUT2D eigenvalue weighted by atomic mass is 19.1. The Morgan fingerprint density at radius 1 is 1.25 bits per heavy atom. The summed E-state index contributed by atoms with van der Waals surface area (Å²) >= 11 is 0. The summed E-state index contributed by atoms with van der Waals surface area (Å²) in [6.45, 7) is 1.87. The topological polar surface area (TPSA) is 43.7 Å². The van der Waals surface area contributed by atoms with Gasteiger partial charge in [0.2, 0.25) is 0 Å². The number of aliphatic hydroxyl groups excluding tert-OH is 2. The van der Waals surface area contributed by atoms with E-state index in [0.717, 1.165) is 0 Å². The Kier molecular flexibility index (Phi) is 4.26. The normalized spacial score (nSPS) is 11.6. The van der Waals surface area contributed by atoms with E-state index in [9.17, 15) is 4.39 Å². The molecule has 90 valence electrons. The molecule has 16 heavy (non-hydrogen) atoms. The summed E-state index contributed by atoms with van der Waals surface area (Å²) in [7, 11) is 1.74. The lowest BCUT2D eigenvalue weighted by atomic mass is 9.92. The Balaban J connectivity index is 2.80. The SMILES string of the molecule is CN(CC(C)(CO)CO)c1ccccc1F. The molecule has 3 nitrogen and oxygen atoms in total. The van der Waals surface area contributed by atoms with Gasteiger partial charge in [-0.05, 0) is 12.1 Å². The van der Waals surface area contributed by atoms with E-state index in [1.54, 1.807) is 37.1 Å². The van der Waals surface area contributed by atoms with Crippen molar-refractivity contribution >= 4 is 5.69 Å². The van der Waals surface area contributed by atoms with E-state index >= 15 is 0 Å². The minimum Gasteiger partial charge on any atom is -0.396 e. The van der Waals surface area contributed by atoms with Crippen LogP contribution in [0.25, 0.3) is 0 Å². The fourth-order valence-electron chi connectivity index (χ4n) is 1.57. The molecule has 4 heteroatoms. The van der Waals surface area contributed by atoms with Crippen molar-refractivity contribution in [3.05, 3.63) is 30.1 Å². The van der Waals surface area contributed by atoms with E-state index in [1.807, 2.05) is 0 Å². The largest absolute Gasteiger partial charge is 0.396 e. The predicted molar refractivity (Wildman–Crippen MR) is 61.9 cm³/mol. The zero-order valence-corrected chi connectivity index (χ0v) is 9.65. The summed E-state index contributed by atoms with van der Waals surface area (Å²) in [6, 6.07) is 6.44. The number of rotatable bonds is 5. The Labute approximate surface area is 95.1 Å². The zero-order chi connectivity index (χ0) is 12.2. The summed E-state index contributed by atoms with van der Waals surface area (Å²) in [5.74, 6) is -0.303. The molecule has 1 aromatic carbocycles. The number of anilines is 1. The number of nitrogens with zero attached hydrogens (tertiary/aromatic N) is 1. The molecule has 0 bridgehead atoms. The van der Waals surface area contributed by atoms with Gasteiger partial charge in [0.15, 0.2) is 0 Å². The molecule has 0 fully saturated rings. The first kappa shape index (κ1) is 12.9. The standard InChI is InChI=1S/C12H18FNO2/c1-12(8-15,9-16)7-14(2)11-6-4-3-5-10(11)13/h3-6,15-16H,7-9H2,1-2H3. The fourth-order valence-corrected chi connectivity index (χ4v) is 1.57. The maximum atomic E-state index is 13.5. The number of aliphatic hydroxyl groups is 2. The Morgan fingerprint density at radius 3 is 2.31 bits per heavy atom. The lowest BCUT2D eigenvalue weighted by Crippen LogP contribution is -2.39. The second-order valence-electron chi connectivity index (χ2n) is 4.43. The molecule has 1 rings (SSSR count). The van der Waals surface area contributed by atoms with Crippen LogP contribution in [0.3, 0.4) is 0 Å². The molecule has 0 amide bonds. The molecule has 0 aromatic heterocycles. The van der Waals surface area contributed by atoms with E-state index in [4.69, 9.17) is 10.2 Å². The molecule has 0 aliphatic carbocycles. The maximum absolute atomic E-state index is 13.5. The highest BCUT2D eigenvalue weighted by Gasteiger charge is 2.25. The number of halogens is 1. The van der Waals surface area contributed by atoms with Crippen LogP contribution < -0.4 is 4.90 Å². The molecule has 0 saturated heterocycles. The van der Waals surface area contributed by atoms with Crippen LogP contribution in [0.1, 0.15) is 6.92 Å². The fraction of sp³-hybridized carbons (Fsp3) is 0.500. The third-order valence-corrected chi connectivity index (χ3v) is 2.65. The zero-order valence-electron chi connectivity index (χ0n) is 9.65. The van der Waals surface area contributed by atoms with Crippen molar-refractivity contribution in [1.82, 2.24) is 0 Å². The maximum Gasteiger partial charge on any atom is 0.146 e. The molecular weight excluding hydrogens is 209 g/mol. The van der Waals surface area contributed by atoms with Gasteiger partial charge < -0.3 is 15.1 Å². The molecule has 0 aliphatic heterocycles. The Hall–Kier alpha value is -1.13. The molecular formula is C12H18FNO2. The first-order chi connectivity index (χ1) is 7.52. The Bertz CT molecular complexity index is 340. The Morgan fingerprint density at radius 2 is 1.81 bits per heavy atom. The lowest BCUT2D eigenvalue weighted by molar-refractivity contribution is 0.0762. The van der Waals surface area contributed by atoms with Crippen molar-refractivity contribution in [3.8, 4) is 0 Å². The molecule has 0 unspecified atom stereocenters. The minimum atomic E-state index is -0.628. The van der Waals surface area contributed by atoms with Gasteiger partial charge >= 0.3 is 0 Å². The van der Waals surface area contributed by atoms with Crippen molar-refractivity contribution in [2.24, 2.45) is 5.41 Å². The van der Waals surface area contributed by atoms with Crippen LogP contribution in [0.15, 0.2) is 24.3 Å². The number of para-hydroxylation sites is 1. The average molecular weight is 227 g/mol. The molecule has 0 atom stereocenters. The molecule has 0 saturated carbocycles. The van der Waals surface area contributed by atoms with Crippen molar-refractivity contribution in [2.45, 2.75) is 6.92 Å². The third-order valence-electron chi connectivity index (χ3n) is 2.65. The number of hydrogen-bond acceptors (Lipinski definition) is 3. The van der Waals surface area contributed by atoms with Crippen LogP contribution in [0.4, 0.5) is 10.1 Å². The molecule has 0 heterocycles. The van der Waals surface area contributed by atoms with Gasteiger partial charge in [0, 0.05) is 19.0 Å². The second kappa shape index (κ2) is 5.27. The van der Waals surface area contributed by atoms with Crippen LogP contribution in [-0.2, 0) is 0 Å². The van der Waals surface area contributed by atoms with Gasteiger partial charge in [-0.15, -0.1) is 0 Å². The van der Waals surface area contributed by atoms with Crippen molar-refractivity contribution in [3.63, 3.8) is 0 Å². The van der Waals surface area contributed by atoms with Gasteiger partial charge in [-0.2, -0.15) is 0 Å². The number of benzene rings is 1. The highest BCUT2D eigenvalue weighted by Crippen LogP contribution is 2.22. The summed E-state index contributed by atoms with van der Waals surface area (Å²) < 4.78 is 13.5. The van der Waals surface area contributed by atoms with Gasteiger partial charge in [-0.1, -0.05) is 19.1 Å². The highest BCUT2D eigenvalue weighted by molar-refractivity contribution is 5.46. The summed E-state index contributed by atoms with van der Waals surface area (Å²) in [4.78, 5) is 1.70. The van der Waals surface area contributed by atoms with Crippen molar-refractivity contribution < 1.29 is 14.6 Å². The van der Waals surface area contributed by atoms with Gasteiger partial charge in [0.05, 0.1) is 18.9 Å². The van der Waals surface area contributed by atoms with E-state index < -0.39 is 5.41 Å². The second-order valence-corrected chi connectivity index (χ2v) is 4.43. The summed E-state index contributed by atoms with van der Waals surface area (Å²) in [6.07, 6.45) is 0. The van der Waals surface area contributed by atoms with Gasteiger partial charge in [0.25, 0.3) is 0 Å². The third kappa shape index (κ3) is 2.93. The number of hydrogen-bond donors (Lipinski definition) is 2. The van der Waals surface area contributed by atoms with Crippen LogP contribution in [0, 0.1) is 11.2 Å². The van der Waals surface area contributed by atoms with Crippen LogP contribution >= 0.6 is 0 Å². The summed E-state index contributed by atoms with van der Waals surface area (Å²) in [5.41, 5.74) is -0.160. The van der Waals surface area contributed by atoms with E-state index in [1.165, 1.54) is 6.07 Å². The first-order valence-corrected chi connectivity index (χ1v) is 5.20. The van der Waals surface area contributed by atoms with E-state index in [2.05, 4.69) is 0 Å². The average Bonchev–Trinajstić information content (AvgIpc) is 2.29. The summed E-state index contributed by atoms with van der Waals surface area (Å²) in [5, 5.41) is 18.3. The molecule has 0 radical (unpaired) electrons. The molecule has 0 aliphatic rings. The molecule has 2 N–H and O–H groups in total. The van der Waals surface area contributed by atoms with E-state index in [-0.39, 0.29) is 19.0 Å². The van der Waals surface area contributed by atoms with Crippen molar-refractivity contribution in [1.29, 1.82) is 0 Å². The predicted octanol–water partition coefficient (Wildman–Crippen LogP) is 1.25. The molecule has 0 spiro atoms. The van der Waals surface area contributed by atoms with Crippen molar-refractivity contribution in [2.75, 3.05) is 31.7 Å². The minimum absolute atomic E-state index is 0.137. The van der Waals surface area contributed by atoms with Crippen LogP contribution in [0.2, 0.25) is 0 Å². The quantitative estimate of drug-likeness (QED) is 0.795. The lowest BCUT2D eigenvalue weighted by Gasteiger charge is -2.31. The smallest absolute Gasteiger partial charge is 0.146 e. The van der Waals surface area contributed by atoms with Gasteiger partial charge in [-0.3, -0.25) is 0 Å².